The van der Waals surface area contributed by atoms with E-state index in [0.29, 0.717) is 17.2 Å². The molecule has 5 aromatic rings. The molecule has 4 aromatic carbocycles. The third kappa shape index (κ3) is 8.03. The molecule has 216 valence electrons. The number of benzene rings is 4. The monoisotopic (exact) mass is 625 g/mol. The Labute approximate surface area is 275 Å². The Morgan fingerprint density at radius 1 is 0.556 bits per heavy atom. The summed E-state index contributed by atoms with van der Waals surface area (Å²) in [5.41, 5.74) is 1.72. The summed E-state index contributed by atoms with van der Waals surface area (Å²) in [6.45, 7) is 2.78. The van der Waals surface area contributed by atoms with Gasteiger partial charge in [0, 0.05) is 25.0 Å². The molecule has 1 aromatic heterocycles. The van der Waals surface area contributed by atoms with Crippen LogP contribution in [0.5, 0.6) is 0 Å². The van der Waals surface area contributed by atoms with Crippen molar-refractivity contribution in [3.05, 3.63) is 141 Å². The van der Waals surface area contributed by atoms with Crippen LogP contribution in [0.3, 0.4) is 0 Å². The first-order valence-electron chi connectivity index (χ1n) is 14.1. The number of nitrogens with one attached hydrogen (secondary N) is 2. The SMILES string of the molecule is C(#Cc1cc2ccc3cccc4ccc(c1)c2c34)[C]1[CH][CH][CH][CH]1.CC(=O)Nc1cc(C#C[C]2[CH][CH][CH][CH]2)cc(NC(C)=O)n1.[Fe+2]. The number of carbonyl (C=O) groups is 2. The topological polar surface area (TPSA) is 71.1 Å². The Balaban J connectivity index is 0.000000175. The standard InChI is InChI=1S/C23H13.C16H14N3O2.Fe/c1-2-5-16(4-1)8-9-17-14-20-12-10-18-6-3-7-19-11-13-21(15-17)23(20)22(18)19;1-11(20)17-15-9-14(8-7-13-5-3-4-6-13)10-16(19-15)18-12(2)21;/h1-7,10-15H;3-6,9-10H,1-2H3,(H2,17,18,19,20,21);/q;;+2. The van der Waals surface area contributed by atoms with Gasteiger partial charge in [-0.05, 0) is 108 Å². The van der Waals surface area contributed by atoms with Crippen LogP contribution in [0.4, 0.5) is 11.6 Å². The number of hydrogen-bond donors (Lipinski definition) is 2. The summed E-state index contributed by atoms with van der Waals surface area (Å²) in [5, 5.41) is 13.0. The molecule has 2 amide bonds. The molecule has 1 heterocycles. The number of rotatable bonds is 2. The van der Waals surface area contributed by atoms with E-state index in [1.807, 2.05) is 51.4 Å². The fourth-order valence-electron chi connectivity index (χ4n) is 5.12. The molecule has 0 unspecified atom stereocenters. The van der Waals surface area contributed by atoms with E-state index in [1.54, 1.807) is 12.1 Å². The van der Waals surface area contributed by atoms with Gasteiger partial charge in [-0.25, -0.2) is 4.98 Å². The van der Waals surface area contributed by atoms with E-state index >= 15 is 0 Å². The van der Waals surface area contributed by atoms with Crippen molar-refractivity contribution in [3.63, 3.8) is 0 Å². The van der Waals surface area contributed by atoms with Crippen molar-refractivity contribution in [1.29, 1.82) is 0 Å². The summed E-state index contributed by atoms with van der Waals surface area (Å²) in [5.74, 6) is 14.7. The normalized spacial score (nSPS) is 14.5. The quantitative estimate of drug-likeness (QED) is 0.125. The Kier molecular flexibility index (Phi) is 10.4. The van der Waals surface area contributed by atoms with Crippen molar-refractivity contribution in [1.82, 2.24) is 4.98 Å². The molecule has 10 radical (unpaired) electrons. The predicted molar refractivity (Wildman–Crippen MR) is 178 cm³/mol. The van der Waals surface area contributed by atoms with E-state index in [-0.39, 0.29) is 28.9 Å². The Bertz CT molecular complexity index is 1870. The molecular weight excluding hydrogens is 598 g/mol. The smallest absolute Gasteiger partial charge is 0.311 e. The first-order valence-corrected chi connectivity index (χ1v) is 14.1. The van der Waals surface area contributed by atoms with E-state index in [4.69, 9.17) is 0 Å². The first kappa shape index (κ1) is 32.1. The third-order valence-electron chi connectivity index (χ3n) is 6.92. The van der Waals surface area contributed by atoms with Crippen LogP contribution in [0, 0.1) is 86.9 Å². The van der Waals surface area contributed by atoms with E-state index in [0.717, 1.165) is 17.4 Å². The van der Waals surface area contributed by atoms with Crippen LogP contribution >= 0.6 is 0 Å². The third-order valence-corrected chi connectivity index (χ3v) is 6.92. The molecule has 0 bridgehead atoms. The molecule has 0 saturated heterocycles. The van der Waals surface area contributed by atoms with Crippen molar-refractivity contribution >= 4 is 55.8 Å². The molecule has 0 aliphatic heterocycles. The molecular formula is C39H27FeN3O2+2. The van der Waals surface area contributed by atoms with Crippen LogP contribution in [0.1, 0.15) is 25.0 Å². The van der Waals surface area contributed by atoms with E-state index in [9.17, 15) is 9.59 Å². The van der Waals surface area contributed by atoms with Gasteiger partial charge in [-0.1, -0.05) is 66.1 Å². The summed E-state index contributed by atoms with van der Waals surface area (Å²) in [6.07, 6.45) is 15.7. The number of nitrogens with zero attached hydrogens (tertiary/aromatic N) is 1. The van der Waals surface area contributed by atoms with Crippen LogP contribution in [0.2, 0.25) is 0 Å². The largest absolute Gasteiger partial charge is 2.00 e. The number of amides is 2. The van der Waals surface area contributed by atoms with E-state index < -0.39 is 0 Å². The Morgan fingerprint density at radius 3 is 1.40 bits per heavy atom. The molecule has 45 heavy (non-hydrogen) atoms. The summed E-state index contributed by atoms with van der Waals surface area (Å²) in [6, 6.07) is 23.0. The molecule has 6 heteroatoms. The average molecular weight is 626 g/mol. The zero-order valence-corrected chi connectivity index (χ0v) is 25.7. The van der Waals surface area contributed by atoms with Crippen molar-refractivity contribution in [2.75, 3.05) is 10.6 Å². The van der Waals surface area contributed by atoms with Gasteiger partial charge in [0.25, 0.3) is 0 Å². The van der Waals surface area contributed by atoms with Crippen molar-refractivity contribution in [2.45, 2.75) is 13.8 Å². The number of pyridine rings is 1. The van der Waals surface area contributed by atoms with E-state index in [2.05, 4.69) is 93.9 Å². The Morgan fingerprint density at radius 2 is 0.956 bits per heavy atom. The van der Waals surface area contributed by atoms with Crippen LogP contribution in [-0.4, -0.2) is 16.8 Å². The average Bonchev–Trinajstić information content (AvgIpc) is 3.72. The van der Waals surface area contributed by atoms with Gasteiger partial charge < -0.3 is 10.6 Å². The number of aromatic nitrogens is 1. The fraction of sp³-hybridized carbons (Fsp3) is 0.0513. The molecule has 0 atom stereocenters. The molecule has 7 rings (SSSR count). The van der Waals surface area contributed by atoms with Gasteiger partial charge in [0.05, 0.1) is 11.8 Å². The van der Waals surface area contributed by atoms with Crippen LogP contribution in [0.15, 0.2) is 66.7 Å². The van der Waals surface area contributed by atoms with Gasteiger partial charge in [0.1, 0.15) is 11.6 Å². The maximum absolute atomic E-state index is 11.1. The Hall–Kier alpha value is -4.35. The minimum absolute atomic E-state index is 0. The molecule has 2 aliphatic rings. The van der Waals surface area contributed by atoms with Crippen LogP contribution in [0.25, 0.3) is 32.3 Å². The second kappa shape index (κ2) is 14.6. The summed E-state index contributed by atoms with van der Waals surface area (Å²) < 4.78 is 0. The number of hydrogen-bond acceptors (Lipinski definition) is 3. The van der Waals surface area contributed by atoms with Gasteiger partial charge in [-0.2, -0.15) is 0 Å². The van der Waals surface area contributed by atoms with Crippen molar-refractivity contribution in [3.8, 4) is 23.7 Å². The maximum Gasteiger partial charge on any atom is 2.00 e. The zero-order chi connectivity index (χ0) is 30.5. The number of carbonyl (C=O) groups excluding carboxylic acids is 2. The maximum atomic E-state index is 11.1. The molecule has 0 spiro atoms. The minimum atomic E-state index is -0.239. The molecule has 5 nitrogen and oxygen atoms in total. The van der Waals surface area contributed by atoms with Gasteiger partial charge in [-0.3, -0.25) is 9.59 Å². The van der Waals surface area contributed by atoms with Crippen LogP contribution < -0.4 is 10.6 Å². The molecule has 2 N–H and O–H groups in total. The predicted octanol–water partition coefficient (Wildman–Crippen LogP) is 7.09. The van der Waals surface area contributed by atoms with Gasteiger partial charge in [0.15, 0.2) is 0 Å². The van der Waals surface area contributed by atoms with Crippen molar-refractivity contribution in [2.24, 2.45) is 0 Å². The second-order valence-corrected chi connectivity index (χ2v) is 10.3. The van der Waals surface area contributed by atoms with Gasteiger partial charge in [0.2, 0.25) is 11.8 Å². The van der Waals surface area contributed by atoms with Crippen molar-refractivity contribution < 1.29 is 26.7 Å². The molecule has 2 saturated carbocycles. The molecule has 2 aliphatic carbocycles. The first-order chi connectivity index (χ1) is 21.4. The van der Waals surface area contributed by atoms with Gasteiger partial charge in [-0.15, -0.1) is 0 Å². The minimum Gasteiger partial charge on any atom is -0.311 e. The summed E-state index contributed by atoms with van der Waals surface area (Å²) >= 11 is 0. The van der Waals surface area contributed by atoms with Gasteiger partial charge >= 0.3 is 17.1 Å². The number of anilines is 2. The second-order valence-electron chi connectivity index (χ2n) is 10.3. The summed E-state index contributed by atoms with van der Waals surface area (Å²) in [7, 11) is 0. The fourth-order valence-corrected chi connectivity index (χ4v) is 5.12. The summed E-state index contributed by atoms with van der Waals surface area (Å²) in [4.78, 5) is 26.4. The van der Waals surface area contributed by atoms with Crippen LogP contribution in [-0.2, 0) is 26.7 Å². The van der Waals surface area contributed by atoms with E-state index in [1.165, 1.54) is 46.2 Å². The molecule has 2 fully saturated rings. The zero-order valence-electron chi connectivity index (χ0n) is 24.6.